The number of nitrogens with zero attached hydrogens (tertiary/aromatic N) is 3. The van der Waals surface area contributed by atoms with E-state index in [9.17, 15) is 9.59 Å². The number of pyridine rings is 1. The summed E-state index contributed by atoms with van der Waals surface area (Å²) in [5, 5.41) is 11.7. The standard InChI is InChI=1S/C22H24N6O3S/c1-31-20-4-2-3-15(13-29)16(20)11-25-22-27-18(14-32-22)21(30)26-17-12-24-6-5-19(17)28-9-7-23-8-10-28/h2-6,12-14,23H,7-11H2,1H3,(H,25,27)(H,26,30). The van der Waals surface area contributed by atoms with Crippen LogP contribution in [-0.4, -0.2) is 55.5 Å². The van der Waals surface area contributed by atoms with Gasteiger partial charge in [0.15, 0.2) is 11.4 Å². The van der Waals surface area contributed by atoms with Crippen molar-refractivity contribution in [3.63, 3.8) is 0 Å². The zero-order chi connectivity index (χ0) is 22.3. The normalized spacial score (nSPS) is 13.5. The molecular formula is C22H24N6O3S. The number of aldehydes is 1. The van der Waals surface area contributed by atoms with E-state index in [4.69, 9.17) is 4.74 Å². The number of methoxy groups -OCH3 is 1. The molecule has 0 spiro atoms. The van der Waals surface area contributed by atoms with Gasteiger partial charge in [0, 0.05) is 55.4 Å². The molecule has 1 aliphatic rings. The first-order valence-corrected chi connectivity index (χ1v) is 11.1. The minimum absolute atomic E-state index is 0.301. The summed E-state index contributed by atoms with van der Waals surface area (Å²) in [5.74, 6) is 0.318. The van der Waals surface area contributed by atoms with Gasteiger partial charge in [0.05, 0.1) is 24.7 Å². The molecule has 2 aromatic heterocycles. The molecule has 1 amide bonds. The van der Waals surface area contributed by atoms with Crippen molar-refractivity contribution in [2.45, 2.75) is 6.54 Å². The van der Waals surface area contributed by atoms with Gasteiger partial charge in [-0.15, -0.1) is 11.3 Å². The van der Waals surface area contributed by atoms with E-state index in [1.165, 1.54) is 11.3 Å². The summed E-state index contributed by atoms with van der Waals surface area (Å²) in [6.07, 6.45) is 4.18. The molecule has 9 nitrogen and oxygen atoms in total. The van der Waals surface area contributed by atoms with Gasteiger partial charge in [0.1, 0.15) is 11.4 Å². The van der Waals surface area contributed by atoms with Crippen molar-refractivity contribution in [3.05, 3.63) is 58.9 Å². The number of rotatable bonds is 8. The van der Waals surface area contributed by atoms with Gasteiger partial charge in [0.25, 0.3) is 5.91 Å². The molecule has 4 rings (SSSR count). The molecule has 0 aliphatic carbocycles. The number of hydrogen-bond donors (Lipinski definition) is 3. The van der Waals surface area contributed by atoms with E-state index in [0.29, 0.717) is 34.4 Å². The highest BCUT2D eigenvalue weighted by molar-refractivity contribution is 7.13. The Kier molecular flexibility index (Phi) is 6.93. The topological polar surface area (TPSA) is 108 Å². The predicted molar refractivity (Wildman–Crippen MR) is 125 cm³/mol. The van der Waals surface area contributed by atoms with Gasteiger partial charge in [-0.25, -0.2) is 4.98 Å². The zero-order valence-electron chi connectivity index (χ0n) is 17.6. The van der Waals surface area contributed by atoms with Crippen LogP contribution in [0.15, 0.2) is 42.0 Å². The molecule has 0 bridgehead atoms. The number of piperazine rings is 1. The number of amides is 1. The SMILES string of the molecule is COc1cccc(C=O)c1CNc1nc(C(=O)Nc2cnccc2N2CCNCC2)cs1. The second kappa shape index (κ2) is 10.2. The maximum absolute atomic E-state index is 12.8. The summed E-state index contributed by atoms with van der Waals surface area (Å²) in [6, 6.07) is 7.21. The Hall–Kier alpha value is -3.50. The van der Waals surface area contributed by atoms with Gasteiger partial charge >= 0.3 is 0 Å². The smallest absolute Gasteiger partial charge is 0.275 e. The Morgan fingerprint density at radius 1 is 1.31 bits per heavy atom. The number of thiazole rings is 1. The Balaban J connectivity index is 1.44. The van der Waals surface area contributed by atoms with Crippen molar-refractivity contribution < 1.29 is 14.3 Å². The van der Waals surface area contributed by atoms with Crippen molar-refractivity contribution >= 4 is 40.0 Å². The lowest BCUT2D eigenvalue weighted by Gasteiger charge is -2.30. The summed E-state index contributed by atoms with van der Waals surface area (Å²) in [6.45, 7) is 3.87. The second-order valence-corrected chi connectivity index (χ2v) is 7.98. The monoisotopic (exact) mass is 452 g/mol. The molecule has 1 saturated heterocycles. The molecule has 3 N–H and O–H groups in total. The molecule has 1 aromatic carbocycles. The first kappa shape index (κ1) is 21.7. The molecule has 32 heavy (non-hydrogen) atoms. The van der Waals surface area contributed by atoms with Crippen LogP contribution in [0.25, 0.3) is 0 Å². The van der Waals surface area contributed by atoms with Crippen molar-refractivity contribution in [2.75, 3.05) is 48.8 Å². The summed E-state index contributed by atoms with van der Waals surface area (Å²) in [5.41, 5.74) is 3.20. The molecule has 1 aliphatic heterocycles. The first-order valence-electron chi connectivity index (χ1n) is 10.2. The van der Waals surface area contributed by atoms with E-state index in [2.05, 4.69) is 30.8 Å². The second-order valence-electron chi connectivity index (χ2n) is 7.12. The fourth-order valence-electron chi connectivity index (χ4n) is 3.55. The van der Waals surface area contributed by atoms with Gasteiger partial charge in [-0.1, -0.05) is 12.1 Å². The third kappa shape index (κ3) is 4.87. The van der Waals surface area contributed by atoms with Crippen molar-refractivity contribution in [3.8, 4) is 5.75 Å². The van der Waals surface area contributed by atoms with Crippen LogP contribution >= 0.6 is 11.3 Å². The van der Waals surface area contributed by atoms with E-state index < -0.39 is 0 Å². The van der Waals surface area contributed by atoms with E-state index >= 15 is 0 Å². The predicted octanol–water partition coefficient (Wildman–Crippen LogP) is 2.63. The van der Waals surface area contributed by atoms with Crippen LogP contribution in [-0.2, 0) is 6.54 Å². The fraction of sp³-hybridized carbons (Fsp3) is 0.273. The molecule has 166 valence electrons. The Morgan fingerprint density at radius 2 is 2.16 bits per heavy atom. The molecule has 0 saturated carbocycles. The van der Waals surface area contributed by atoms with E-state index in [1.807, 2.05) is 6.07 Å². The average molecular weight is 453 g/mol. The molecule has 0 unspecified atom stereocenters. The highest BCUT2D eigenvalue weighted by atomic mass is 32.1. The van der Waals surface area contributed by atoms with Crippen LogP contribution in [0.4, 0.5) is 16.5 Å². The lowest BCUT2D eigenvalue weighted by Crippen LogP contribution is -2.43. The molecule has 0 radical (unpaired) electrons. The highest BCUT2D eigenvalue weighted by Crippen LogP contribution is 2.27. The number of hydrogen-bond acceptors (Lipinski definition) is 9. The van der Waals surface area contributed by atoms with Crippen LogP contribution < -0.4 is 25.6 Å². The average Bonchev–Trinajstić information content (AvgIpc) is 3.32. The maximum atomic E-state index is 12.8. The largest absolute Gasteiger partial charge is 0.496 e. The number of nitrogens with one attached hydrogen (secondary N) is 3. The van der Waals surface area contributed by atoms with Gasteiger partial charge in [-0.2, -0.15) is 0 Å². The number of benzene rings is 1. The van der Waals surface area contributed by atoms with E-state index in [-0.39, 0.29) is 5.91 Å². The highest BCUT2D eigenvalue weighted by Gasteiger charge is 2.18. The number of ether oxygens (including phenoxy) is 1. The van der Waals surface area contributed by atoms with Crippen molar-refractivity contribution in [1.29, 1.82) is 0 Å². The summed E-state index contributed by atoms with van der Waals surface area (Å²) in [7, 11) is 1.56. The third-order valence-electron chi connectivity index (χ3n) is 5.17. The van der Waals surface area contributed by atoms with Crippen LogP contribution in [0.5, 0.6) is 5.75 Å². The summed E-state index contributed by atoms with van der Waals surface area (Å²) in [4.78, 5) is 35.0. The van der Waals surface area contributed by atoms with Crippen LogP contribution in [0.3, 0.4) is 0 Å². The van der Waals surface area contributed by atoms with E-state index in [0.717, 1.165) is 43.7 Å². The minimum atomic E-state index is -0.301. The van der Waals surface area contributed by atoms with Gasteiger partial charge in [0.2, 0.25) is 0 Å². The van der Waals surface area contributed by atoms with Crippen molar-refractivity contribution in [2.24, 2.45) is 0 Å². The number of anilines is 3. The summed E-state index contributed by atoms with van der Waals surface area (Å²) >= 11 is 1.32. The zero-order valence-corrected chi connectivity index (χ0v) is 18.4. The lowest BCUT2D eigenvalue weighted by molar-refractivity contribution is 0.102. The Bertz CT molecular complexity index is 1100. The van der Waals surface area contributed by atoms with Crippen LogP contribution in [0, 0.1) is 0 Å². The fourth-order valence-corrected chi connectivity index (χ4v) is 4.24. The minimum Gasteiger partial charge on any atom is -0.496 e. The van der Waals surface area contributed by atoms with Gasteiger partial charge in [-0.05, 0) is 12.1 Å². The van der Waals surface area contributed by atoms with E-state index in [1.54, 1.807) is 43.1 Å². The first-order chi connectivity index (χ1) is 15.7. The number of aromatic nitrogens is 2. The maximum Gasteiger partial charge on any atom is 0.275 e. The van der Waals surface area contributed by atoms with Crippen molar-refractivity contribution in [1.82, 2.24) is 15.3 Å². The van der Waals surface area contributed by atoms with Gasteiger partial charge in [-0.3, -0.25) is 14.6 Å². The third-order valence-corrected chi connectivity index (χ3v) is 5.97. The molecule has 1 fully saturated rings. The van der Waals surface area contributed by atoms with Crippen LogP contribution in [0.2, 0.25) is 0 Å². The molecule has 3 heterocycles. The Labute approximate surface area is 189 Å². The summed E-state index contributed by atoms with van der Waals surface area (Å²) < 4.78 is 5.35. The molecular weight excluding hydrogens is 428 g/mol. The Morgan fingerprint density at radius 3 is 2.94 bits per heavy atom. The van der Waals surface area contributed by atoms with Crippen LogP contribution in [0.1, 0.15) is 26.4 Å². The van der Waals surface area contributed by atoms with Gasteiger partial charge < -0.3 is 25.6 Å². The molecule has 3 aromatic rings. The quantitative estimate of drug-likeness (QED) is 0.448. The molecule has 0 atom stereocenters. The number of carbonyl (C=O) groups excluding carboxylic acids is 2. The molecule has 10 heteroatoms. The number of carbonyl (C=O) groups is 2. The lowest BCUT2D eigenvalue weighted by atomic mass is 10.1.